The summed E-state index contributed by atoms with van der Waals surface area (Å²) >= 11 is 0. The first-order valence-electron chi connectivity index (χ1n) is 7.83. The molecule has 0 bridgehead atoms. The van der Waals surface area contributed by atoms with Crippen molar-refractivity contribution >= 4 is 0 Å². The van der Waals surface area contributed by atoms with Crippen molar-refractivity contribution < 1.29 is 9.47 Å². The van der Waals surface area contributed by atoms with Gasteiger partial charge in [0.1, 0.15) is 0 Å². The largest absolute Gasteiger partial charge is 0.381 e. The highest BCUT2D eigenvalue weighted by atomic mass is 16.5. The van der Waals surface area contributed by atoms with Gasteiger partial charge in [0.25, 0.3) is 0 Å². The molecule has 0 radical (unpaired) electrons. The van der Waals surface area contributed by atoms with E-state index in [0.717, 1.165) is 46.0 Å². The molecule has 4 nitrogen and oxygen atoms in total. The maximum Gasteiger partial charge on any atom is 0.0701 e. The number of rotatable bonds is 7. The van der Waals surface area contributed by atoms with Crippen molar-refractivity contribution in [2.75, 3.05) is 53.0 Å². The van der Waals surface area contributed by atoms with Crippen molar-refractivity contribution in [3.63, 3.8) is 0 Å². The van der Waals surface area contributed by atoms with Crippen LogP contribution in [-0.4, -0.2) is 64.1 Å². The Balaban J connectivity index is 1.78. The van der Waals surface area contributed by atoms with E-state index < -0.39 is 0 Å². The summed E-state index contributed by atoms with van der Waals surface area (Å²) in [5, 5.41) is 3.50. The zero-order valence-corrected chi connectivity index (χ0v) is 12.6. The molecule has 0 aromatic carbocycles. The van der Waals surface area contributed by atoms with Gasteiger partial charge in [-0.05, 0) is 39.3 Å². The van der Waals surface area contributed by atoms with Crippen molar-refractivity contribution in [1.29, 1.82) is 0 Å². The predicted molar refractivity (Wildman–Crippen MR) is 77.5 cm³/mol. The quantitative estimate of drug-likeness (QED) is 0.760. The third-order valence-corrected chi connectivity index (χ3v) is 4.33. The first-order valence-corrected chi connectivity index (χ1v) is 7.83. The fraction of sp³-hybridized carbons (Fsp3) is 1.00. The molecule has 0 aromatic rings. The van der Waals surface area contributed by atoms with Crippen LogP contribution in [0.4, 0.5) is 0 Å². The standard InChI is InChI=1S/C15H30N2O2/c1-3-16-11-15(7-9-18-13-15)12-17(2)10-14-6-4-5-8-19-14/h14,16H,3-13H2,1-2H3. The molecule has 19 heavy (non-hydrogen) atoms. The highest BCUT2D eigenvalue weighted by Gasteiger charge is 2.36. The SMILES string of the molecule is CCNCC1(CN(C)CC2CCCCO2)CCOC1. The maximum absolute atomic E-state index is 5.84. The van der Waals surface area contributed by atoms with Crippen LogP contribution >= 0.6 is 0 Å². The van der Waals surface area contributed by atoms with E-state index >= 15 is 0 Å². The lowest BCUT2D eigenvalue weighted by molar-refractivity contribution is -0.00854. The Bertz CT molecular complexity index is 249. The molecular weight excluding hydrogens is 240 g/mol. The molecule has 2 unspecified atom stereocenters. The molecule has 1 N–H and O–H groups in total. The first kappa shape index (κ1) is 15.2. The highest BCUT2D eigenvalue weighted by Crippen LogP contribution is 2.29. The predicted octanol–water partition coefficient (Wildman–Crippen LogP) is 1.50. The monoisotopic (exact) mass is 270 g/mol. The Hall–Kier alpha value is -0.160. The summed E-state index contributed by atoms with van der Waals surface area (Å²) < 4.78 is 11.5. The molecule has 2 fully saturated rings. The zero-order valence-electron chi connectivity index (χ0n) is 12.6. The van der Waals surface area contributed by atoms with E-state index in [4.69, 9.17) is 9.47 Å². The summed E-state index contributed by atoms with van der Waals surface area (Å²) in [6, 6.07) is 0. The van der Waals surface area contributed by atoms with Gasteiger partial charge in [-0.1, -0.05) is 6.92 Å². The molecule has 112 valence electrons. The molecule has 0 saturated carbocycles. The Labute approximate surface area is 117 Å². The topological polar surface area (TPSA) is 33.7 Å². The van der Waals surface area contributed by atoms with Crippen LogP contribution in [0.5, 0.6) is 0 Å². The second kappa shape index (κ2) is 7.58. The third-order valence-electron chi connectivity index (χ3n) is 4.33. The van der Waals surface area contributed by atoms with Crippen molar-refractivity contribution in [1.82, 2.24) is 10.2 Å². The van der Waals surface area contributed by atoms with Crippen LogP contribution in [0, 0.1) is 5.41 Å². The van der Waals surface area contributed by atoms with Gasteiger partial charge in [-0.2, -0.15) is 0 Å². The van der Waals surface area contributed by atoms with Gasteiger partial charge in [-0.15, -0.1) is 0 Å². The number of hydrogen-bond donors (Lipinski definition) is 1. The van der Waals surface area contributed by atoms with Gasteiger partial charge in [-0.25, -0.2) is 0 Å². The van der Waals surface area contributed by atoms with E-state index in [1.54, 1.807) is 0 Å². The normalized spacial score (nSPS) is 32.1. The molecule has 2 aliphatic rings. The van der Waals surface area contributed by atoms with E-state index in [1.165, 1.54) is 25.7 Å². The van der Waals surface area contributed by atoms with Crippen LogP contribution in [0.3, 0.4) is 0 Å². The lowest BCUT2D eigenvalue weighted by Crippen LogP contribution is -2.46. The molecule has 0 amide bonds. The van der Waals surface area contributed by atoms with Gasteiger partial charge >= 0.3 is 0 Å². The molecular formula is C15H30N2O2. The molecule has 0 aromatic heterocycles. The molecule has 2 heterocycles. The van der Waals surface area contributed by atoms with Crippen LogP contribution in [0.15, 0.2) is 0 Å². The molecule has 0 spiro atoms. The number of nitrogens with one attached hydrogen (secondary N) is 1. The summed E-state index contributed by atoms with van der Waals surface area (Å²) in [6.45, 7) is 9.21. The first-order chi connectivity index (χ1) is 9.24. The van der Waals surface area contributed by atoms with Crippen molar-refractivity contribution in [2.45, 2.75) is 38.7 Å². The third kappa shape index (κ3) is 4.71. The minimum atomic E-state index is 0.305. The summed E-state index contributed by atoms with van der Waals surface area (Å²) in [6.07, 6.45) is 5.40. The molecule has 2 saturated heterocycles. The Morgan fingerprint density at radius 2 is 2.21 bits per heavy atom. The molecule has 4 heteroatoms. The maximum atomic E-state index is 5.84. The highest BCUT2D eigenvalue weighted by molar-refractivity contribution is 4.88. The molecule has 0 aliphatic carbocycles. The van der Waals surface area contributed by atoms with E-state index in [1.807, 2.05) is 0 Å². The van der Waals surface area contributed by atoms with Crippen LogP contribution in [0.25, 0.3) is 0 Å². The zero-order chi connectivity index (χ0) is 13.6. The van der Waals surface area contributed by atoms with Gasteiger partial charge in [0.2, 0.25) is 0 Å². The smallest absolute Gasteiger partial charge is 0.0701 e. The average Bonchev–Trinajstić information content (AvgIpc) is 2.86. The van der Waals surface area contributed by atoms with Gasteiger partial charge in [0.15, 0.2) is 0 Å². The molecule has 2 atom stereocenters. The van der Waals surface area contributed by atoms with Crippen LogP contribution in [0.1, 0.15) is 32.6 Å². The summed E-state index contributed by atoms with van der Waals surface area (Å²) in [4.78, 5) is 2.45. The van der Waals surface area contributed by atoms with E-state index in [-0.39, 0.29) is 0 Å². The van der Waals surface area contributed by atoms with Crippen LogP contribution < -0.4 is 5.32 Å². The average molecular weight is 270 g/mol. The lowest BCUT2D eigenvalue weighted by atomic mass is 9.86. The van der Waals surface area contributed by atoms with Gasteiger partial charge < -0.3 is 19.7 Å². The summed E-state index contributed by atoms with van der Waals surface area (Å²) in [5.74, 6) is 0. The van der Waals surface area contributed by atoms with Crippen LogP contribution in [0.2, 0.25) is 0 Å². The van der Waals surface area contributed by atoms with Gasteiger partial charge in [-0.3, -0.25) is 0 Å². The van der Waals surface area contributed by atoms with Crippen molar-refractivity contribution in [2.24, 2.45) is 5.41 Å². The lowest BCUT2D eigenvalue weighted by Gasteiger charge is -2.35. The fourth-order valence-corrected chi connectivity index (χ4v) is 3.30. The second-order valence-corrected chi connectivity index (χ2v) is 6.27. The minimum Gasteiger partial charge on any atom is -0.381 e. The molecule has 2 rings (SSSR count). The Morgan fingerprint density at radius 1 is 1.32 bits per heavy atom. The minimum absolute atomic E-state index is 0.305. The summed E-state index contributed by atoms with van der Waals surface area (Å²) in [5.41, 5.74) is 0.305. The van der Waals surface area contributed by atoms with Crippen LogP contribution in [-0.2, 0) is 9.47 Å². The number of likely N-dealkylation sites (N-methyl/N-ethyl adjacent to an activating group) is 1. The second-order valence-electron chi connectivity index (χ2n) is 6.27. The summed E-state index contributed by atoms with van der Waals surface area (Å²) in [7, 11) is 2.23. The number of nitrogens with zero attached hydrogens (tertiary/aromatic N) is 1. The number of hydrogen-bond acceptors (Lipinski definition) is 4. The Morgan fingerprint density at radius 3 is 2.84 bits per heavy atom. The fourth-order valence-electron chi connectivity index (χ4n) is 3.30. The molecule has 2 aliphatic heterocycles. The number of ether oxygens (including phenoxy) is 2. The van der Waals surface area contributed by atoms with Crippen molar-refractivity contribution in [3.05, 3.63) is 0 Å². The van der Waals surface area contributed by atoms with E-state index in [0.29, 0.717) is 11.5 Å². The van der Waals surface area contributed by atoms with Crippen molar-refractivity contribution in [3.8, 4) is 0 Å². The van der Waals surface area contributed by atoms with Gasteiger partial charge in [0.05, 0.1) is 12.7 Å². The Kier molecular flexibility index (Phi) is 6.07. The van der Waals surface area contributed by atoms with E-state index in [2.05, 4.69) is 24.2 Å². The van der Waals surface area contributed by atoms with Gasteiger partial charge in [0, 0.05) is 38.3 Å². The van der Waals surface area contributed by atoms with E-state index in [9.17, 15) is 0 Å².